The minimum atomic E-state index is -1.97. The molecular formula is C18H15Cl6N3O3S. The van der Waals surface area contributed by atoms with Crippen LogP contribution < -0.4 is 25.4 Å². The van der Waals surface area contributed by atoms with Gasteiger partial charge < -0.3 is 25.4 Å². The molecule has 0 aliphatic carbocycles. The Morgan fingerprint density at radius 2 is 1.55 bits per heavy atom. The van der Waals surface area contributed by atoms with E-state index in [4.69, 9.17) is 91.3 Å². The third-order valence-corrected chi connectivity index (χ3v) is 5.46. The predicted octanol–water partition coefficient (Wildman–Crippen LogP) is 6.08. The summed E-state index contributed by atoms with van der Waals surface area (Å²) in [6.45, 7) is 0. The highest BCUT2D eigenvalue weighted by atomic mass is 35.6. The molecule has 0 aromatic heterocycles. The van der Waals surface area contributed by atoms with Crippen LogP contribution in [-0.4, -0.2) is 35.2 Å². The fourth-order valence-electron chi connectivity index (χ4n) is 2.33. The van der Waals surface area contributed by atoms with Gasteiger partial charge in [0.1, 0.15) is 6.17 Å². The van der Waals surface area contributed by atoms with Crippen molar-refractivity contribution in [2.45, 2.75) is 9.96 Å². The lowest BCUT2D eigenvalue weighted by Crippen LogP contribution is -2.56. The van der Waals surface area contributed by atoms with Crippen molar-refractivity contribution in [2.24, 2.45) is 0 Å². The summed E-state index contributed by atoms with van der Waals surface area (Å²) in [5, 5.41) is 8.84. The summed E-state index contributed by atoms with van der Waals surface area (Å²) in [7, 11) is 2.93. The molecule has 0 fully saturated rings. The molecule has 6 nitrogen and oxygen atoms in total. The second kappa shape index (κ2) is 11.2. The number of rotatable bonds is 6. The van der Waals surface area contributed by atoms with Crippen LogP contribution >= 0.6 is 81.8 Å². The van der Waals surface area contributed by atoms with Crippen molar-refractivity contribution < 1.29 is 14.3 Å². The van der Waals surface area contributed by atoms with E-state index in [0.29, 0.717) is 22.2 Å². The number of carbonyl (C=O) groups excluding carboxylic acids is 1. The van der Waals surface area contributed by atoms with Crippen molar-refractivity contribution in [2.75, 3.05) is 19.5 Å². The number of thiocarbonyl (C=S) groups is 1. The largest absolute Gasteiger partial charge is 0.493 e. The van der Waals surface area contributed by atoms with Gasteiger partial charge in [0.2, 0.25) is 3.79 Å². The quantitative estimate of drug-likeness (QED) is 0.224. The first-order valence-electron chi connectivity index (χ1n) is 8.28. The molecule has 2 aromatic rings. The normalized spacial score (nSPS) is 12.0. The molecule has 0 saturated carbocycles. The van der Waals surface area contributed by atoms with Crippen LogP contribution in [0.3, 0.4) is 0 Å². The molecule has 0 heterocycles. The Kier molecular flexibility index (Phi) is 9.45. The van der Waals surface area contributed by atoms with Crippen LogP contribution in [0.5, 0.6) is 11.5 Å². The number of nitrogens with one attached hydrogen (secondary N) is 3. The van der Waals surface area contributed by atoms with Crippen LogP contribution in [0.4, 0.5) is 5.69 Å². The average molecular weight is 566 g/mol. The van der Waals surface area contributed by atoms with Gasteiger partial charge in [-0.25, -0.2) is 0 Å². The molecule has 0 bridgehead atoms. The zero-order chi connectivity index (χ0) is 23.3. The summed E-state index contributed by atoms with van der Waals surface area (Å²) in [5.74, 6) is 0.255. The van der Waals surface area contributed by atoms with Crippen LogP contribution in [0.15, 0.2) is 30.3 Å². The van der Waals surface area contributed by atoms with Crippen LogP contribution in [0.25, 0.3) is 0 Å². The van der Waals surface area contributed by atoms with E-state index in [1.165, 1.54) is 38.5 Å². The molecule has 2 aromatic carbocycles. The first-order chi connectivity index (χ1) is 14.5. The number of amides is 1. The number of ether oxygens (including phenoxy) is 2. The van der Waals surface area contributed by atoms with E-state index in [-0.39, 0.29) is 20.7 Å². The van der Waals surface area contributed by atoms with Gasteiger partial charge in [-0.2, -0.15) is 0 Å². The van der Waals surface area contributed by atoms with Gasteiger partial charge >= 0.3 is 0 Å². The van der Waals surface area contributed by atoms with Crippen molar-refractivity contribution in [1.82, 2.24) is 10.6 Å². The minimum Gasteiger partial charge on any atom is -0.493 e. The van der Waals surface area contributed by atoms with Gasteiger partial charge in [0.25, 0.3) is 5.91 Å². The van der Waals surface area contributed by atoms with Gasteiger partial charge in [0.05, 0.1) is 30.0 Å². The summed E-state index contributed by atoms with van der Waals surface area (Å²) in [4.78, 5) is 12.7. The monoisotopic (exact) mass is 563 g/mol. The Labute approximate surface area is 214 Å². The number of anilines is 1. The van der Waals surface area contributed by atoms with Gasteiger partial charge in [0.15, 0.2) is 16.6 Å². The molecule has 0 spiro atoms. The first-order valence-corrected chi connectivity index (χ1v) is 11.0. The topological polar surface area (TPSA) is 71.6 Å². The molecule has 1 atom stereocenters. The SMILES string of the molecule is COc1ccc(C(=O)NC(NC(=S)Nc2c(Cl)cc(Cl)cc2Cl)C(Cl)(Cl)Cl)cc1OC. The van der Waals surface area contributed by atoms with E-state index in [2.05, 4.69) is 16.0 Å². The molecule has 1 amide bonds. The lowest BCUT2D eigenvalue weighted by Gasteiger charge is -2.28. The maximum absolute atomic E-state index is 12.7. The molecular weight excluding hydrogens is 551 g/mol. The van der Waals surface area contributed by atoms with Gasteiger partial charge in [-0.05, 0) is 42.5 Å². The summed E-state index contributed by atoms with van der Waals surface area (Å²) < 4.78 is 8.38. The Morgan fingerprint density at radius 1 is 0.968 bits per heavy atom. The molecule has 1 unspecified atom stereocenters. The summed E-state index contributed by atoms with van der Waals surface area (Å²) in [5.41, 5.74) is 0.529. The van der Waals surface area contributed by atoms with Gasteiger partial charge in [-0.3, -0.25) is 4.79 Å². The van der Waals surface area contributed by atoms with Crippen molar-refractivity contribution in [3.63, 3.8) is 0 Å². The first kappa shape index (κ1) is 26.2. The summed E-state index contributed by atoms with van der Waals surface area (Å²) in [6, 6.07) is 7.53. The second-order valence-corrected chi connectivity index (χ2v) is 9.89. The predicted molar refractivity (Wildman–Crippen MR) is 132 cm³/mol. The van der Waals surface area contributed by atoms with Crippen LogP contribution in [-0.2, 0) is 0 Å². The Bertz CT molecular complexity index is 963. The third-order valence-electron chi connectivity index (χ3n) is 3.77. The molecule has 0 radical (unpaired) electrons. The Balaban J connectivity index is 2.18. The van der Waals surface area contributed by atoms with E-state index >= 15 is 0 Å². The molecule has 168 valence electrons. The molecule has 0 aliphatic heterocycles. The van der Waals surface area contributed by atoms with E-state index in [9.17, 15) is 4.79 Å². The molecule has 3 N–H and O–H groups in total. The summed E-state index contributed by atoms with van der Waals surface area (Å²) in [6.07, 6.45) is -1.22. The molecule has 2 rings (SSSR count). The van der Waals surface area contributed by atoms with Gasteiger partial charge in [-0.15, -0.1) is 0 Å². The van der Waals surface area contributed by atoms with E-state index in [1.807, 2.05) is 0 Å². The van der Waals surface area contributed by atoms with Crippen molar-refractivity contribution in [1.29, 1.82) is 0 Å². The van der Waals surface area contributed by atoms with Gasteiger partial charge in [-0.1, -0.05) is 69.6 Å². The van der Waals surface area contributed by atoms with Crippen molar-refractivity contribution >= 4 is 98.5 Å². The lowest BCUT2D eigenvalue weighted by molar-refractivity contribution is 0.0934. The number of hydrogen-bond acceptors (Lipinski definition) is 4. The van der Waals surface area contributed by atoms with Crippen molar-refractivity contribution in [3.8, 4) is 11.5 Å². The van der Waals surface area contributed by atoms with E-state index in [1.54, 1.807) is 6.07 Å². The fraction of sp³-hybridized carbons (Fsp3) is 0.222. The zero-order valence-electron chi connectivity index (χ0n) is 15.9. The van der Waals surface area contributed by atoms with Crippen LogP contribution in [0, 0.1) is 0 Å². The summed E-state index contributed by atoms with van der Waals surface area (Å²) >= 11 is 41.5. The highest BCUT2D eigenvalue weighted by molar-refractivity contribution is 7.80. The molecule has 0 aliphatic rings. The number of alkyl halides is 3. The molecule has 31 heavy (non-hydrogen) atoms. The number of carbonyl (C=O) groups is 1. The van der Waals surface area contributed by atoms with Gasteiger partial charge in [0, 0.05) is 10.6 Å². The number of methoxy groups -OCH3 is 2. The maximum atomic E-state index is 12.7. The zero-order valence-corrected chi connectivity index (χ0v) is 21.2. The number of hydrogen-bond donors (Lipinski definition) is 3. The third kappa shape index (κ3) is 7.22. The Morgan fingerprint density at radius 3 is 2.06 bits per heavy atom. The number of benzene rings is 2. The second-order valence-electron chi connectivity index (χ2n) is 5.86. The maximum Gasteiger partial charge on any atom is 0.253 e. The minimum absolute atomic E-state index is 0.0185. The average Bonchev–Trinajstić information content (AvgIpc) is 2.68. The fourth-order valence-corrected chi connectivity index (χ4v) is 3.79. The highest BCUT2D eigenvalue weighted by Gasteiger charge is 2.35. The Hall–Kier alpha value is -1.06. The number of halogens is 6. The van der Waals surface area contributed by atoms with Crippen LogP contribution in [0.2, 0.25) is 15.1 Å². The van der Waals surface area contributed by atoms with Crippen LogP contribution in [0.1, 0.15) is 10.4 Å². The smallest absolute Gasteiger partial charge is 0.253 e. The lowest BCUT2D eigenvalue weighted by atomic mass is 10.2. The van der Waals surface area contributed by atoms with Crippen molar-refractivity contribution in [3.05, 3.63) is 51.0 Å². The molecule has 13 heteroatoms. The highest BCUT2D eigenvalue weighted by Crippen LogP contribution is 2.34. The van der Waals surface area contributed by atoms with E-state index in [0.717, 1.165) is 0 Å². The molecule has 0 saturated heterocycles. The standard InChI is InChI=1S/C18H15Cl6N3O3S/c1-29-12-4-3-8(5-13(12)30-2)15(28)26-16(18(22,23)24)27-17(31)25-14-10(20)6-9(19)7-11(14)21/h3-7,16H,1-2H3,(H,26,28)(H2,25,27,31). The van der Waals surface area contributed by atoms with E-state index < -0.39 is 15.9 Å².